The Morgan fingerprint density at radius 2 is 1.82 bits per heavy atom. The number of carboxylic acids is 1. The molecule has 0 bridgehead atoms. The van der Waals surface area contributed by atoms with Gasteiger partial charge in [-0.3, -0.25) is 14.5 Å². The standard InChI is InChI=1S/C22H21NO4S/c1-23(15-21(24)25)11-12-27-19-10-9-17(14-18(19)20-8-5-13-28-20)22(26)16-6-3-2-4-7-16/h2-10,13-14H,11-12,15H2,1H3,(H,24,25). The number of ketones is 1. The van der Waals surface area contributed by atoms with Gasteiger partial charge in [0.2, 0.25) is 0 Å². The van der Waals surface area contributed by atoms with Crippen LogP contribution in [0.15, 0.2) is 66.0 Å². The first-order valence-electron chi connectivity index (χ1n) is 8.85. The van der Waals surface area contributed by atoms with E-state index in [0.29, 0.717) is 30.0 Å². The number of hydrogen-bond donors (Lipinski definition) is 1. The Hall–Kier alpha value is -2.96. The molecular weight excluding hydrogens is 374 g/mol. The smallest absolute Gasteiger partial charge is 0.317 e. The molecule has 2 aromatic carbocycles. The molecule has 5 nitrogen and oxygen atoms in total. The van der Waals surface area contributed by atoms with Crippen LogP contribution in [0.4, 0.5) is 0 Å². The summed E-state index contributed by atoms with van der Waals surface area (Å²) in [6.45, 7) is 0.806. The zero-order valence-electron chi connectivity index (χ0n) is 15.5. The molecule has 0 amide bonds. The molecule has 0 atom stereocenters. The van der Waals surface area contributed by atoms with Gasteiger partial charge in [-0.15, -0.1) is 11.3 Å². The number of carbonyl (C=O) groups is 2. The summed E-state index contributed by atoms with van der Waals surface area (Å²) in [6.07, 6.45) is 0. The lowest BCUT2D eigenvalue weighted by molar-refractivity contribution is -0.138. The fourth-order valence-electron chi connectivity index (χ4n) is 2.80. The minimum Gasteiger partial charge on any atom is -0.492 e. The number of likely N-dealkylation sites (N-methyl/N-ethyl adjacent to an activating group) is 1. The Balaban J connectivity index is 1.81. The molecule has 1 aromatic heterocycles. The molecule has 3 rings (SSSR count). The lowest BCUT2D eigenvalue weighted by Gasteiger charge is -2.16. The second kappa shape index (κ2) is 9.30. The Kier molecular flexibility index (Phi) is 6.57. The minimum atomic E-state index is -0.870. The van der Waals surface area contributed by atoms with Gasteiger partial charge in [-0.05, 0) is 36.7 Å². The second-order valence-corrected chi connectivity index (χ2v) is 7.31. The molecule has 1 heterocycles. The average Bonchev–Trinajstić information content (AvgIpc) is 3.22. The van der Waals surface area contributed by atoms with Crippen LogP contribution in [-0.4, -0.2) is 48.5 Å². The summed E-state index contributed by atoms with van der Waals surface area (Å²) in [4.78, 5) is 26.2. The fourth-order valence-corrected chi connectivity index (χ4v) is 3.55. The van der Waals surface area contributed by atoms with Crippen LogP contribution < -0.4 is 4.74 Å². The summed E-state index contributed by atoms with van der Waals surface area (Å²) in [5.41, 5.74) is 2.10. The van der Waals surface area contributed by atoms with Crippen molar-refractivity contribution in [1.29, 1.82) is 0 Å². The quantitative estimate of drug-likeness (QED) is 0.554. The molecule has 0 saturated heterocycles. The molecule has 28 heavy (non-hydrogen) atoms. The van der Waals surface area contributed by atoms with Crippen LogP contribution in [0.3, 0.4) is 0 Å². The van der Waals surface area contributed by atoms with Gasteiger partial charge in [0, 0.05) is 28.1 Å². The first kappa shape index (κ1) is 19.8. The molecule has 6 heteroatoms. The van der Waals surface area contributed by atoms with Crippen LogP contribution in [-0.2, 0) is 4.79 Å². The maximum Gasteiger partial charge on any atom is 0.317 e. The molecule has 0 fully saturated rings. The average molecular weight is 395 g/mol. The van der Waals surface area contributed by atoms with E-state index in [-0.39, 0.29) is 12.3 Å². The van der Waals surface area contributed by atoms with E-state index >= 15 is 0 Å². The van der Waals surface area contributed by atoms with Crippen molar-refractivity contribution in [2.24, 2.45) is 0 Å². The van der Waals surface area contributed by atoms with E-state index in [0.717, 1.165) is 10.4 Å². The maximum atomic E-state index is 12.8. The van der Waals surface area contributed by atoms with Crippen molar-refractivity contribution in [3.8, 4) is 16.2 Å². The topological polar surface area (TPSA) is 66.8 Å². The number of aliphatic carboxylic acids is 1. The van der Waals surface area contributed by atoms with Crippen LogP contribution in [0.1, 0.15) is 15.9 Å². The van der Waals surface area contributed by atoms with E-state index in [1.807, 2.05) is 47.8 Å². The summed E-state index contributed by atoms with van der Waals surface area (Å²) < 4.78 is 5.91. The predicted octanol–water partition coefficient (Wildman–Crippen LogP) is 4.04. The summed E-state index contributed by atoms with van der Waals surface area (Å²) in [7, 11) is 1.74. The van der Waals surface area contributed by atoms with Gasteiger partial charge < -0.3 is 9.84 Å². The van der Waals surface area contributed by atoms with Crippen LogP contribution >= 0.6 is 11.3 Å². The Bertz CT molecular complexity index is 938. The van der Waals surface area contributed by atoms with Gasteiger partial charge in [-0.1, -0.05) is 36.4 Å². The van der Waals surface area contributed by atoms with Crippen molar-refractivity contribution in [3.05, 3.63) is 77.2 Å². The summed E-state index contributed by atoms with van der Waals surface area (Å²) in [5, 5.41) is 10.8. The van der Waals surface area contributed by atoms with Gasteiger partial charge in [0.05, 0.1) is 6.54 Å². The molecule has 0 spiro atoms. The molecule has 0 unspecified atom stereocenters. The van der Waals surface area contributed by atoms with E-state index in [1.165, 1.54) is 0 Å². The van der Waals surface area contributed by atoms with E-state index in [1.54, 1.807) is 41.5 Å². The molecule has 0 saturated carbocycles. The van der Waals surface area contributed by atoms with Crippen LogP contribution in [0, 0.1) is 0 Å². The number of hydrogen-bond acceptors (Lipinski definition) is 5. The summed E-state index contributed by atoms with van der Waals surface area (Å²) >= 11 is 1.58. The van der Waals surface area contributed by atoms with Crippen molar-refractivity contribution in [3.63, 3.8) is 0 Å². The summed E-state index contributed by atoms with van der Waals surface area (Å²) in [5.74, 6) is -0.229. The minimum absolute atomic E-state index is 0.0360. The largest absolute Gasteiger partial charge is 0.492 e. The molecular formula is C22H21NO4S. The normalized spacial score (nSPS) is 10.8. The lowest BCUT2D eigenvalue weighted by Crippen LogP contribution is -2.29. The third-order valence-electron chi connectivity index (χ3n) is 4.20. The third kappa shape index (κ3) is 5.06. The summed E-state index contributed by atoms with van der Waals surface area (Å²) in [6, 6.07) is 18.5. The van der Waals surface area contributed by atoms with Crippen LogP contribution in [0.5, 0.6) is 5.75 Å². The Morgan fingerprint density at radius 1 is 1.04 bits per heavy atom. The van der Waals surface area contributed by atoms with Gasteiger partial charge in [-0.2, -0.15) is 0 Å². The number of nitrogens with zero attached hydrogens (tertiary/aromatic N) is 1. The highest BCUT2D eigenvalue weighted by Crippen LogP contribution is 2.34. The number of rotatable bonds is 9. The monoisotopic (exact) mass is 395 g/mol. The Morgan fingerprint density at radius 3 is 2.50 bits per heavy atom. The van der Waals surface area contributed by atoms with E-state index in [2.05, 4.69) is 0 Å². The molecule has 0 aliphatic carbocycles. The molecule has 144 valence electrons. The number of thiophene rings is 1. The van der Waals surface area contributed by atoms with E-state index in [4.69, 9.17) is 9.84 Å². The maximum absolute atomic E-state index is 12.8. The van der Waals surface area contributed by atoms with Crippen molar-refractivity contribution in [2.45, 2.75) is 0 Å². The first-order valence-corrected chi connectivity index (χ1v) is 9.73. The zero-order valence-corrected chi connectivity index (χ0v) is 16.3. The molecule has 1 N–H and O–H groups in total. The predicted molar refractivity (Wildman–Crippen MR) is 110 cm³/mol. The van der Waals surface area contributed by atoms with Crippen LogP contribution in [0.25, 0.3) is 10.4 Å². The zero-order chi connectivity index (χ0) is 19.9. The fraction of sp³-hybridized carbons (Fsp3) is 0.182. The molecule has 3 aromatic rings. The second-order valence-electron chi connectivity index (χ2n) is 6.36. The highest BCUT2D eigenvalue weighted by atomic mass is 32.1. The van der Waals surface area contributed by atoms with Crippen molar-refractivity contribution in [1.82, 2.24) is 4.90 Å². The first-order chi connectivity index (χ1) is 13.5. The number of ether oxygens (including phenoxy) is 1. The molecule has 0 radical (unpaired) electrons. The van der Waals surface area contributed by atoms with Gasteiger partial charge in [0.15, 0.2) is 5.78 Å². The highest BCUT2D eigenvalue weighted by Gasteiger charge is 2.15. The molecule has 0 aliphatic heterocycles. The Labute approximate surface area is 167 Å². The number of benzene rings is 2. The van der Waals surface area contributed by atoms with Gasteiger partial charge in [-0.25, -0.2) is 0 Å². The highest BCUT2D eigenvalue weighted by molar-refractivity contribution is 7.13. The van der Waals surface area contributed by atoms with Crippen molar-refractivity contribution < 1.29 is 19.4 Å². The lowest BCUT2D eigenvalue weighted by atomic mass is 10.0. The van der Waals surface area contributed by atoms with Gasteiger partial charge >= 0.3 is 5.97 Å². The SMILES string of the molecule is CN(CCOc1ccc(C(=O)c2ccccc2)cc1-c1cccs1)CC(=O)O. The van der Waals surface area contributed by atoms with E-state index in [9.17, 15) is 9.59 Å². The molecule has 0 aliphatic rings. The van der Waals surface area contributed by atoms with Crippen molar-refractivity contribution in [2.75, 3.05) is 26.7 Å². The van der Waals surface area contributed by atoms with Gasteiger partial charge in [0.1, 0.15) is 12.4 Å². The third-order valence-corrected chi connectivity index (χ3v) is 5.10. The number of carboxylic acid groups (broad SMARTS) is 1. The van der Waals surface area contributed by atoms with Crippen molar-refractivity contribution >= 4 is 23.1 Å². The van der Waals surface area contributed by atoms with E-state index < -0.39 is 5.97 Å². The van der Waals surface area contributed by atoms with Gasteiger partial charge in [0.25, 0.3) is 0 Å². The number of carbonyl (C=O) groups excluding carboxylic acids is 1. The van der Waals surface area contributed by atoms with Crippen LogP contribution in [0.2, 0.25) is 0 Å².